The van der Waals surface area contributed by atoms with Crippen LogP contribution in [0.4, 0.5) is 14.5 Å². The van der Waals surface area contributed by atoms with Crippen LogP contribution in [0.1, 0.15) is 6.55 Å². The molecule has 0 amide bonds. The fourth-order valence-electron chi connectivity index (χ4n) is 2.91. The van der Waals surface area contributed by atoms with E-state index in [1.807, 2.05) is 0 Å². The molecule has 0 aliphatic rings. The van der Waals surface area contributed by atoms with Crippen LogP contribution in [0.25, 0.3) is 22.4 Å². The third kappa shape index (κ3) is 3.66. The van der Waals surface area contributed by atoms with Gasteiger partial charge in [-0.05, 0) is 48.5 Å². The van der Waals surface area contributed by atoms with E-state index < -0.39 is 16.6 Å². The number of anilines is 1. The zero-order valence-corrected chi connectivity index (χ0v) is 16.2. The van der Waals surface area contributed by atoms with Crippen LogP contribution in [0.3, 0.4) is 0 Å². The van der Waals surface area contributed by atoms with E-state index in [2.05, 4.69) is 14.7 Å². The van der Waals surface area contributed by atoms with E-state index in [4.69, 9.17) is 11.6 Å². The number of fused-ring (bicyclic) bond motifs is 1. The number of nitrogens with one attached hydrogen (secondary N) is 1. The molecule has 0 fully saturated rings. The molecular formula is C19H13ClF2N4O2S. The molecule has 0 saturated heterocycles. The van der Waals surface area contributed by atoms with Gasteiger partial charge in [0.05, 0.1) is 11.0 Å². The quantitative estimate of drug-likeness (QED) is 0.451. The number of rotatable bonds is 5. The summed E-state index contributed by atoms with van der Waals surface area (Å²) in [7, 11) is -3.95. The third-order valence-corrected chi connectivity index (χ3v) is 6.03. The van der Waals surface area contributed by atoms with Crippen molar-refractivity contribution in [3.63, 3.8) is 0 Å². The number of hydrogen-bond donors (Lipinski definition) is 1. The highest BCUT2D eigenvalue weighted by Crippen LogP contribution is 2.30. The van der Waals surface area contributed by atoms with Crippen LogP contribution in [-0.4, -0.2) is 23.0 Å². The lowest BCUT2D eigenvalue weighted by Crippen LogP contribution is -2.13. The smallest absolute Gasteiger partial charge is 0.280 e. The Bertz CT molecular complexity index is 1290. The number of sulfonamides is 1. The van der Waals surface area contributed by atoms with Gasteiger partial charge in [-0.25, -0.2) is 18.4 Å². The Morgan fingerprint density at radius 3 is 2.41 bits per heavy atom. The van der Waals surface area contributed by atoms with E-state index in [1.54, 1.807) is 24.3 Å². The van der Waals surface area contributed by atoms with Crippen LogP contribution in [0.5, 0.6) is 0 Å². The van der Waals surface area contributed by atoms with Crippen molar-refractivity contribution in [2.24, 2.45) is 0 Å². The molecule has 2 heterocycles. The molecule has 0 radical (unpaired) electrons. The Balaban J connectivity index is 1.68. The van der Waals surface area contributed by atoms with Gasteiger partial charge in [0.15, 0.2) is 0 Å². The minimum atomic E-state index is -3.95. The van der Waals surface area contributed by atoms with Gasteiger partial charge in [0.25, 0.3) is 10.0 Å². The number of pyridine rings is 1. The Morgan fingerprint density at radius 1 is 1.00 bits per heavy atom. The molecule has 148 valence electrons. The fraction of sp³-hybridized carbons (Fsp3) is 0.0526. The number of hydrogen-bond acceptors (Lipinski definition) is 4. The van der Waals surface area contributed by atoms with Gasteiger partial charge < -0.3 is 0 Å². The van der Waals surface area contributed by atoms with E-state index in [1.165, 1.54) is 42.6 Å². The molecule has 4 rings (SSSR count). The maximum Gasteiger partial charge on any atom is 0.320 e. The number of alkyl halides is 2. The fourth-order valence-corrected chi connectivity index (χ4v) is 4.43. The molecule has 0 saturated carbocycles. The maximum atomic E-state index is 13.6. The molecule has 4 aromatic rings. The first-order valence-electron chi connectivity index (χ1n) is 8.36. The van der Waals surface area contributed by atoms with Crippen molar-refractivity contribution in [1.82, 2.24) is 14.5 Å². The number of halogens is 3. The first-order chi connectivity index (χ1) is 13.9. The second kappa shape index (κ2) is 7.41. The van der Waals surface area contributed by atoms with Crippen LogP contribution < -0.4 is 4.72 Å². The minimum Gasteiger partial charge on any atom is -0.280 e. The second-order valence-electron chi connectivity index (χ2n) is 6.05. The van der Waals surface area contributed by atoms with Crippen LogP contribution in [0.2, 0.25) is 5.15 Å². The molecule has 29 heavy (non-hydrogen) atoms. The minimum absolute atomic E-state index is 0.0888. The summed E-state index contributed by atoms with van der Waals surface area (Å²) in [6.45, 7) is -2.77. The highest BCUT2D eigenvalue weighted by atomic mass is 35.5. The lowest BCUT2D eigenvalue weighted by molar-refractivity contribution is 0.0764. The van der Waals surface area contributed by atoms with Crippen LogP contribution in [-0.2, 0) is 10.0 Å². The monoisotopic (exact) mass is 434 g/mol. The van der Waals surface area contributed by atoms with Crippen molar-refractivity contribution in [1.29, 1.82) is 0 Å². The number of imidazole rings is 1. The molecule has 10 heteroatoms. The number of nitrogens with zero attached hydrogens (tertiary/aromatic N) is 3. The van der Waals surface area contributed by atoms with Crippen molar-refractivity contribution in [3.8, 4) is 11.4 Å². The molecular weight excluding hydrogens is 422 g/mol. The largest absolute Gasteiger partial charge is 0.320 e. The summed E-state index contributed by atoms with van der Waals surface area (Å²) in [4.78, 5) is 7.88. The molecule has 0 aliphatic carbocycles. The van der Waals surface area contributed by atoms with Gasteiger partial charge in [0.1, 0.15) is 15.9 Å². The van der Waals surface area contributed by atoms with Crippen LogP contribution in [0.15, 0.2) is 71.8 Å². The third-order valence-electron chi connectivity index (χ3n) is 4.20. The highest BCUT2D eigenvalue weighted by molar-refractivity contribution is 7.92. The summed E-state index contributed by atoms with van der Waals surface area (Å²) >= 11 is 5.85. The summed E-state index contributed by atoms with van der Waals surface area (Å²) < 4.78 is 55.4. The second-order valence-corrected chi connectivity index (χ2v) is 8.06. The summed E-state index contributed by atoms with van der Waals surface area (Å²) in [6, 6.07) is 15.3. The topological polar surface area (TPSA) is 76.9 Å². The Morgan fingerprint density at radius 2 is 1.72 bits per heavy atom. The first-order valence-corrected chi connectivity index (χ1v) is 10.2. The predicted octanol–water partition coefficient (Wildman–Crippen LogP) is 4.95. The molecule has 0 aliphatic heterocycles. The standard InChI is InChI=1S/C19H13ClF2N4O2S/c20-17-16(6-3-11-23-17)29(27,28)25-13-9-7-12(8-10-13)18-24-14-4-1-2-5-15(14)26(18)19(21)22/h1-11,19,25H. The van der Waals surface area contributed by atoms with Crippen molar-refractivity contribution < 1.29 is 17.2 Å². The lowest BCUT2D eigenvalue weighted by Gasteiger charge is -2.10. The maximum absolute atomic E-state index is 13.6. The van der Waals surface area contributed by atoms with Gasteiger partial charge in [-0.1, -0.05) is 23.7 Å². The molecule has 2 aromatic carbocycles. The average molecular weight is 435 g/mol. The van der Waals surface area contributed by atoms with Gasteiger partial charge in [-0.3, -0.25) is 9.29 Å². The number of para-hydroxylation sites is 2. The summed E-state index contributed by atoms with van der Waals surface area (Å²) in [5, 5.41) is -0.151. The summed E-state index contributed by atoms with van der Waals surface area (Å²) in [5.74, 6) is 0.0888. The van der Waals surface area contributed by atoms with E-state index in [9.17, 15) is 17.2 Å². The van der Waals surface area contributed by atoms with Crippen LogP contribution in [0, 0.1) is 0 Å². The van der Waals surface area contributed by atoms with Crippen molar-refractivity contribution in [2.75, 3.05) is 4.72 Å². The van der Waals surface area contributed by atoms with Gasteiger partial charge in [0, 0.05) is 17.4 Å². The Kier molecular flexibility index (Phi) is 4.93. The van der Waals surface area contributed by atoms with Crippen molar-refractivity contribution >= 4 is 38.3 Å². The van der Waals surface area contributed by atoms with Gasteiger partial charge in [-0.2, -0.15) is 8.78 Å². The van der Waals surface area contributed by atoms with E-state index >= 15 is 0 Å². The summed E-state index contributed by atoms with van der Waals surface area (Å²) in [5.41, 5.74) is 1.42. The molecule has 1 N–H and O–H groups in total. The van der Waals surface area contributed by atoms with Crippen molar-refractivity contribution in [2.45, 2.75) is 11.4 Å². The Labute approximate surface area is 169 Å². The SMILES string of the molecule is O=S(=O)(Nc1ccc(-c2nc3ccccc3n2C(F)F)cc1)c1cccnc1Cl. The Hall–Kier alpha value is -3.04. The summed E-state index contributed by atoms with van der Waals surface area (Å²) in [6.07, 6.45) is 1.38. The molecule has 0 bridgehead atoms. The van der Waals surface area contributed by atoms with E-state index in [0.29, 0.717) is 16.6 Å². The van der Waals surface area contributed by atoms with Crippen molar-refractivity contribution in [3.05, 3.63) is 72.0 Å². The molecule has 0 spiro atoms. The van der Waals surface area contributed by atoms with Gasteiger partial charge >= 0.3 is 6.55 Å². The van der Waals surface area contributed by atoms with Crippen LogP contribution >= 0.6 is 11.6 Å². The molecule has 6 nitrogen and oxygen atoms in total. The number of benzene rings is 2. The first kappa shape index (κ1) is 19.3. The normalized spacial score (nSPS) is 11.9. The zero-order chi connectivity index (χ0) is 20.6. The molecule has 0 atom stereocenters. The molecule has 2 aromatic heterocycles. The molecule has 0 unspecified atom stereocenters. The average Bonchev–Trinajstić information content (AvgIpc) is 3.08. The van der Waals surface area contributed by atoms with E-state index in [0.717, 1.165) is 4.57 Å². The zero-order valence-electron chi connectivity index (χ0n) is 14.6. The lowest BCUT2D eigenvalue weighted by atomic mass is 10.2. The van der Waals surface area contributed by atoms with E-state index in [-0.39, 0.29) is 21.6 Å². The van der Waals surface area contributed by atoms with Gasteiger partial charge in [-0.15, -0.1) is 0 Å². The highest BCUT2D eigenvalue weighted by Gasteiger charge is 2.20. The van der Waals surface area contributed by atoms with Gasteiger partial charge in [0.2, 0.25) is 0 Å². The predicted molar refractivity (Wildman–Crippen MR) is 106 cm³/mol. The number of aromatic nitrogens is 3.